The van der Waals surface area contributed by atoms with E-state index in [2.05, 4.69) is 12.2 Å². The van der Waals surface area contributed by atoms with Crippen LogP contribution >= 0.6 is 23.2 Å². The molecule has 3 heteroatoms. The molecule has 0 amide bonds. The molecule has 0 bridgehead atoms. The zero-order valence-electron chi connectivity index (χ0n) is 7.40. The van der Waals surface area contributed by atoms with Crippen molar-refractivity contribution in [3.05, 3.63) is 33.3 Å². The van der Waals surface area contributed by atoms with Gasteiger partial charge in [0.25, 0.3) is 0 Å². The molecule has 0 aromatic heterocycles. The fraction of sp³-hybridized carbons (Fsp3) is 0.400. The van der Waals surface area contributed by atoms with Crippen molar-refractivity contribution in [2.24, 2.45) is 0 Å². The summed E-state index contributed by atoms with van der Waals surface area (Å²) in [5.74, 6) is 0. The van der Waals surface area contributed by atoms with Gasteiger partial charge in [0.1, 0.15) is 0 Å². The average Bonchev–Trinajstić information content (AvgIpc) is 2.48. The van der Waals surface area contributed by atoms with Gasteiger partial charge in [-0.3, -0.25) is 0 Å². The van der Waals surface area contributed by atoms with Crippen molar-refractivity contribution in [1.29, 1.82) is 0 Å². The molecule has 1 unspecified atom stereocenters. The number of fused-ring (bicyclic) bond motifs is 1. The van der Waals surface area contributed by atoms with Crippen LogP contribution < -0.4 is 5.32 Å². The third kappa shape index (κ3) is 1.56. The van der Waals surface area contributed by atoms with Crippen molar-refractivity contribution in [2.45, 2.75) is 25.9 Å². The number of benzene rings is 1. The first kappa shape index (κ1) is 9.32. The summed E-state index contributed by atoms with van der Waals surface area (Å²) in [4.78, 5) is 0. The van der Waals surface area contributed by atoms with Gasteiger partial charge in [0.15, 0.2) is 0 Å². The molecule has 1 aliphatic rings. The third-order valence-electron chi connectivity index (χ3n) is 2.50. The molecular formula is C10H11Cl2N. The van der Waals surface area contributed by atoms with Crippen LogP contribution in [0.2, 0.25) is 10.0 Å². The largest absolute Gasteiger partial charge is 0.306 e. The van der Waals surface area contributed by atoms with E-state index in [1.54, 1.807) is 0 Å². The highest BCUT2D eigenvalue weighted by Gasteiger charge is 2.21. The van der Waals surface area contributed by atoms with Crippen molar-refractivity contribution in [3.63, 3.8) is 0 Å². The lowest BCUT2D eigenvalue weighted by Gasteiger charge is -2.08. The standard InChI is InChI=1S/C10H11Cl2N/c1-2-10-7-4-9(12)8(11)3-6(7)5-13-10/h3-4,10,13H,2,5H2,1H3. The molecule has 1 aliphatic heterocycles. The van der Waals surface area contributed by atoms with Gasteiger partial charge in [0.05, 0.1) is 10.0 Å². The van der Waals surface area contributed by atoms with Crippen molar-refractivity contribution in [3.8, 4) is 0 Å². The summed E-state index contributed by atoms with van der Waals surface area (Å²) < 4.78 is 0. The summed E-state index contributed by atoms with van der Waals surface area (Å²) in [7, 11) is 0. The van der Waals surface area contributed by atoms with Gasteiger partial charge in [-0.25, -0.2) is 0 Å². The molecule has 1 aromatic carbocycles. The summed E-state index contributed by atoms with van der Waals surface area (Å²) in [6, 6.07) is 4.39. The molecule has 13 heavy (non-hydrogen) atoms. The number of hydrogen-bond acceptors (Lipinski definition) is 1. The molecule has 1 heterocycles. The molecule has 0 fully saturated rings. The molecule has 1 aromatic rings. The lowest BCUT2D eigenvalue weighted by atomic mass is 10.0. The number of halogens is 2. The van der Waals surface area contributed by atoms with E-state index in [4.69, 9.17) is 23.2 Å². The molecule has 0 saturated heterocycles. The van der Waals surface area contributed by atoms with E-state index in [-0.39, 0.29) is 0 Å². The first-order chi connectivity index (χ1) is 6.22. The van der Waals surface area contributed by atoms with Crippen molar-refractivity contribution >= 4 is 23.2 Å². The van der Waals surface area contributed by atoms with E-state index in [9.17, 15) is 0 Å². The Bertz CT molecular complexity index is 336. The molecule has 0 saturated carbocycles. The Morgan fingerprint density at radius 1 is 1.38 bits per heavy atom. The number of rotatable bonds is 1. The lowest BCUT2D eigenvalue weighted by Crippen LogP contribution is -2.10. The van der Waals surface area contributed by atoms with E-state index in [1.165, 1.54) is 11.1 Å². The smallest absolute Gasteiger partial charge is 0.0595 e. The Labute approximate surface area is 88.0 Å². The first-order valence-electron chi connectivity index (χ1n) is 4.43. The van der Waals surface area contributed by atoms with Gasteiger partial charge < -0.3 is 5.32 Å². The van der Waals surface area contributed by atoms with Crippen LogP contribution in [0.4, 0.5) is 0 Å². The second kappa shape index (κ2) is 3.49. The maximum absolute atomic E-state index is 5.95. The molecule has 0 radical (unpaired) electrons. The summed E-state index contributed by atoms with van der Waals surface area (Å²) in [5, 5.41) is 4.72. The fourth-order valence-electron chi connectivity index (χ4n) is 1.79. The highest BCUT2D eigenvalue weighted by atomic mass is 35.5. The Morgan fingerprint density at radius 3 is 2.77 bits per heavy atom. The highest BCUT2D eigenvalue weighted by molar-refractivity contribution is 6.42. The van der Waals surface area contributed by atoms with E-state index in [1.807, 2.05) is 12.1 Å². The van der Waals surface area contributed by atoms with Crippen molar-refractivity contribution in [1.82, 2.24) is 5.32 Å². The van der Waals surface area contributed by atoms with E-state index >= 15 is 0 Å². The van der Waals surface area contributed by atoms with Crippen LogP contribution in [0.5, 0.6) is 0 Å². The predicted octanol–water partition coefficient (Wildman–Crippen LogP) is 3.55. The monoisotopic (exact) mass is 215 g/mol. The second-order valence-corrected chi connectivity index (χ2v) is 4.12. The van der Waals surface area contributed by atoms with Gasteiger partial charge in [-0.2, -0.15) is 0 Å². The minimum absolute atomic E-state index is 0.449. The third-order valence-corrected chi connectivity index (χ3v) is 3.23. The molecule has 70 valence electrons. The van der Waals surface area contributed by atoms with E-state index < -0.39 is 0 Å². The molecule has 0 spiro atoms. The lowest BCUT2D eigenvalue weighted by molar-refractivity contribution is 0.567. The Morgan fingerprint density at radius 2 is 2.08 bits per heavy atom. The maximum Gasteiger partial charge on any atom is 0.0595 e. The Kier molecular flexibility index (Phi) is 2.50. The molecular weight excluding hydrogens is 205 g/mol. The minimum Gasteiger partial charge on any atom is -0.306 e. The van der Waals surface area contributed by atoms with Crippen molar-refractivity contribution < 1.29 is 0 Å². The topological polar surface area (TPSA) is 12.0 Å². The minimum atomic E-state index is 0.449. The van der Waals surface area contributed by atoms with Gasteiger partial charge in [-0.05, 0) is 29.7 Å². The highest BCUT2D eigenvalue weighted by Crippen LogP contribution is 2.34. The van der Waals surface area contributed by atoms with Crippen LogP contribution in [0.15, 0.2) is 12.1 Å². The van der Waals surface area contributed by atoms with Crippen LogP contribution in [0, 0.1) is 0 Å². The summed E-state index contributed by atoms with van der Waals surface area (Å²) in [6.45, 7) is 3.07. The van der Waals surface area contributed by atoms with Gasteiger partial charge >= 0.3 is 0 Å². The molecule has 1 atom stereocenters. The average molecular weight is 216 g/mol. The normalized spacial score (nSPS) is 20.4. The predicted molar refractivity (Wildman–Crippen MR) is 56.3 cm³/mol. The van der Waals surface area contributed by atoms with E-state index in [0.717, 1.165) is 13.0 Å². The van der Waals surface area contributed by atoms with Gasteiger partial charge in [0.2, 0.25) is 0 Å². The maximum atomic E-state index is 5.95. The van der Waals surface area contributed by atoms with Gasteiger partial charge in [-0.1, -0.05) is 30.1 Å². The molecule has 1 nitrogen and oxygen atoms in total. The number of hydrogen-bond donors (Lipinski definition) is 1. The van der Waals surface area contributed by atoms with Crippen LogP contribution in [0.3, 0.4) is 0 Å². The fourth-order valence-corrected chi connectivity index (χ4v) is 2.15. The van der Waals surface area contributed by atoms with Crippen LogP contribution in [0.1, 0.15) is 30.5 Å². The van der Waals surface area contributed by atoms with Gasteiger partial charge in [0, 0.05) is 12.6 Å². The zero-order chi connectivity index (χ0) is 9.42. The molecule has 0 aliphatic carbocycles. The summed E-state index contributed by atoms with van der Waals surface area (Å²) in [5.41, 5.74) is 2.58. The Hall–Kier alpha value is -0.240. The quantitative estimate of drug-likeness (QED) is 0.756. The van der Waals surface area contributed by atoms with Crippen LogP contribution in [-0.4, -0.2) is 0 Å². The summed E-state index contributed by atoms with van der Waals surface area (Å²) in [6.07, 6.45) is 1.09. The van der Waals surface area contributed by atoms with Crippen LogP contribution in [-0.2, 0) is 6.54 Å². The Balaban J connectivity index is 2.47. The van der Waals surface area contributed by atoms with E-state index in [0.29, 0.717) is 16.1 Å². The first-order valence-corrected chi connectivity index (χ1v) is 5.19. The molecule has 2 rings (SSSR count). The zero-order valence-corrected chi connectivity index (χ0v) is 8.91. The van der Waals surface area contributed by atoms with Crippen molar-refractivity contribution in [2.75, 3.05) is 0 Å². The SMILES string of the molecule is CCC1NCc2cc(Cl)c(Cl)cc21. The molecule has 1 N–H and O–H groups in total. The number of nitrogens with one attached hydrogen (secondary N) is 1. The van der Waals surface area contributed by atoms with Gasteiger partial charge in [-0.15, -0.1) is 0 Å². The summed E-state index contributed by atoms with van der Waals surface area (Å²) >= 11 is 11.9. The second-order valence-electron chi connectivity index (χ2n) is 3.31. The van der Waals surface area contributed by atoms with Crippen LogP contribution in [0.25, 0.3) is 0 Å².